The number of hydrogen-bond donors (Lipinski definition) is 0. The van der Waals surface area contributed by atoms with Crippen LogP contribution in [0.5, 0.6) is 11.5 Å². The monoisotopic (exact) mass is 398 g/mol. The van der Waals surface area contributed by atoms with Gasteiger partial charge in [-0.1, -0.05) is 24.4 Å². The Balaban J connectivity index is 1.25. The summed E-state index contributed by atoms with van der Waals surface area (Å²) in [4.78, 5) is 32.8. The van der Waals surface area contributed by atoms with Crippen molar-refractivity contribution in [2.24, 2.45) is 0 Å². The van der Waals surface area contributed by atoms with Crippen molar-refractivity contribution in [1.29, 1.82) is 0 Å². The molecule has 29 heavy (non-hydrogen) atoms. The van der Waals surface area contributed by atoms with Crippen molar-refractivity contribution in [2.75, 3.05) is 19.9 Å². The minimum absolute atomic E-state index is 0.126. The Morgan fingerprint density at radius 3 is 2.69 bits per heavy atom. The molecule has 3 aliphatic rings. The number of nitrogens with zero attached hydrogens (tertiary/aromatic N) is 4. The zero-order chi connectivity index (χ0) is 19.8. The molecule has 9 heteroatoms. The van der Waals surface area contributed by atoms with E-state index in [1.165, 1.54) is 11.3 Å². The lowest BCUT2D eigenvalue weighted by atomic mass is 9.93. The van der Waals surface area contributed by atoms with Gasteiger partial charge in [-0.05, 0) is 31.0 Å². The SMILES string of the molecule is O=C1C(=O)N(C2CCCCC2)CCN1Cc1nc(-c2ccc3c(c2)OCO3)no1. The average Bonchev–Trinajstić information content (AvgIpc) is 3.41. The molecule has 3 heterocycles. The number of hydrogen-bond acceptors (Lipinski definition) is 7. The second kappa shape index (κ2) is 7.38. The third-order valence-electron chi connectivity index (χ3n) is 5.78. The molecule has 0 atom stereocenters. The minimum atomic E-state index is -0.496. The zero-order valence-electron chi connectivity index (χ0n) is 16.0. The fourth-order valence-electron chi connectivity index (χ4n) is 4.22. The topological polar surface area (TPSA) is 98.0 Å². The molecule has 1 aliphatic carbocycles. The van der Waals surface area contributed by atoms with Crippen LogP contribution in [0.4, 0.5) is 0 Å². The molecule has 2 amide bonds. The zero-order valence-corrected chi connectivity index (χ0v) is 16.0. The standard InChI is InChI=1S/C20H22N4O5/c25-19-20(26)24(14-4-2-1-3-5-14)9-8-23(19)11-17-21-18(22-29-17)13-6-7-15-16(10-13)28-12-27-15/h6-7,10,14H,1-5,8-9,11-12H2. The molecule has 1 saturated carbocycles. The Labute approximate surface area is 167 Å². The first-order valence-corrected chi connectivity index (χ1v) is 10.0. The summed E-state index contributed by atoms with van der Waals surface area (Å²) in [7, 11) is 0. The molecule has 0 spiro atoms. The third-order valence-corrected chi connectivity index (χ3v) is 5.78. The van der Waals surface area contributed by atoms with E-state index in [-0.39, 0.29) is 19.4 Å². The van der Waals surface area contributed by atoms with Gasteiger partial charge >= 0.3 is 11.8 Å². The van der Waals surface area contributed by atoms with E-state index in [2.05, 4.69) is 10.1 Å². The van der Waals surface area contributed by atoms with E-state index in [0.29, 0.717) is 36.3 Å². The van der Waals surface area contributed by atoms with Gasteiger partial charge in [0.15, 0.2) is 11.5 Å². The van der Waals surface area contributed by atoms with Crippen LogP contribution in [0.25, 0.3) is 11.4 Å². The van der Waals surface area contributed by atoms with Gasteiger partial charge in [0.05, 0.1) is 0 Å². The van der Waals surface area contributed by atoms with Crippen LogP contribution in [-0.2, 0) is 16.1 Å². The Morgan fingerprint density at radius 2 is 1.83 bits per heavy atom. The molecular formula is C20H22N4O5. The number of rotatable bonds is 4. The van der Waals surface area contributed by atoms with E-state index in [1.54, 1.807) is 17.0 Å². The quantitative estimate of drug-likeness (QED) is 0.726. The van der Waals surface area contributed by atoms with Crippen LogP contribution >= 0.6 is 0 Å². The van der Waals surface area contributed by atoms with Gasteiger partial charge in [0.25, 0.3) is 0 Å². The van der Waals surface area contributed by atoms with E-state index in [0.717, 1.165) is 31.2 Å². The highest BCUT2D eigenvalue weighted by Gasteiger charge is 2.37. The Hall–Kier alpha value is -3.10. The summed E-state index contributed by atoms with van der Waals surface area (Å²) in [6.45, 7) is 1.35. The summed E-state index contributed by atoms with van der Waals surface area (Å²) < 4.78 is 16.0. The number of piperazine rings is 1. The molecule has 2 aliphatic heterocycles. The second-order valence-corrected chi connectivity index (χ2v) is 7.60. The first kappa shape index (κ1) is 18.0. The Morgan fingerprint density at radius 1 is 1.00 bits per heavy atom. The number of ether oxygens (including phenoxy) is 2. The van der Waals surface area contributed by atoms with Crippen molar-refractivity contribution in [1.82, 2.24) is 19.9 Å². The van der Waals surface area contributed by atoms with Gasteiger partial charge in [0.2, 0.25) is 18.5 Å². The van der Waals surface area contributed by atoms with Crippen LogP contribution in [0.15, 0.2) is 22.7 Å². The highest BCUT2D eigenvalue weighted by molar-refractivity contribution is 6.35. The van der Waals surface area contributed by atoms with Crippen molar-refractivity contribution in [2.45, 2.75) is 44.7 Å². The highest BCUT2D eigenvalue weighted by atomic mass is 16.7. The van der Waals surface area contributed by atoms with Gasteiger partial charge in [-0.15, -0.1) is 0 Å². The maximum atomic E-state index is 12.6. The molecule has 2 aromatic rings. The minimum Gasteiger partial charge on any atom is -0.454 e. The number of aromatic nitrogens is 2. The first-order valence-electron chi connectivity index (χ1n) is 10.0. The van der Waals surface area contributed by atoms with Crippen molar-refractivity contribution in [3.63, 3.8) is 0 Å². The highest BCUT2D eigenvalue weighted by Crippen LogP contribution is 2.35. The van der Waals surface area contributed by atoms with E-state index in [4.69, 9.17) is 14.0 Å². The molecule has 0 unspecified atom stereocenters. The molecule has 0 radical (unpaired) electrons. The van der Waals surface area contributed by atoms with Crippen LogP contribution in [0, 0.1) is 0 Å². The molecule has 5 rings (SSSR count). The average molecular weight is 398 g/mol. The number of carbonyl (C=O) groups excluding carboxylic acids is 2. The number of amides is 2. The molecule has 2 fully saturated rings. The lowest BCUT2D eigenvalue weighted by Crippen LogP contribution is -2.57. The van der Waals surface area contributed by atoms with Gasteiger partial charge < -0.3 is 23.8 Å². The lowest BCUT2D eigenvalue weighted by molar-refractivity contribution is -0.158. The maximum Gasteiger partial charge on any atom is 0.312 e. The van der Waals surface area contributed by atoms with Crippen molar-refractivity contribution >= 4 is 11.8 Å². The lowest BCUT2D eigenvalue weighted by Gasteiger charge is -2.39. The molecule has 1 saturated heterocycles. The molecule has 0 bridgehead atoms. The van der Waals surface area contributed by atoms with Crippen LogP contribution in [0.3, 0.4) is 0 Å². The van der Waals surface area contributed by atoms with Gasteiger partial charge in [-0.2, -0.15) is 4.98 Å². The maximum absolute atomic E-state index is 12.6. The summed E-state index contributed by atoms with van der Waals surface area (Å²) in [5, 5.41) is 3.99. The number of carbonyl (C=O) groups is 2. The van der Waals surface area contributed by atoms with Crippen molar-refractivity contribution < 1.29 is 23.6 Å². The Kier molecular flexibility index (Phi) is 4.57. The van der Waals surface area contributed by atoms with Gasteiger partial charge in [-0.3, -0.25) is 9.59 Å². The van der Waals surface area contributed by atoms with Crippen molar-refractivity contribution in [3.8, 4) is 22.9 Å². The van der Waals surface area contributed by atoms with E-state index in [1.807, 2.05) is 6.07 Å². The smallest absolute Gasteiger partial charge is 0.312 e. The summed E-state index contributed by atoms with van der Waals surface area (Å²) in [6.07, 6.45) is 5.43. The van der Waals surface area contributed by atoms with Crippen LogP contribution in [0.2, 0.25) is 0 Å². The first-order chi connectivity index (χ1) is 14.2. The predicted octanol–water partition coefficient (Wildman–Crippen LogP) is 1.97. The van der Waals surface area contributed by atoms with Gasteiger partial charge in [0.1, 0.15) is 6.54 Å². The van der Waals surface area contributed by atoms with Crippen LogP contribution in [0.1, 0.15) is 38.0 Å². The third kappa shape index (κ3) is 3.41. The number of benzene rings is 1. The number of fused-ring (bicyclic) bond motifs is 1. The van der Waals surface area contributed by atoms with Gasteiger partial charge in [0, 0.05) is 24.7 Å². The molecule has 0 N–H and O–H groups in total. The Bertz CT molecular complexity index is 937. The van der Waals surface area contributed by atoms with Crippen molar-refractivity contribution in [3.05, 3.63) is 24.1 Å². The normalized spacial score (nSPS) is 19.9. The molecule has 152 valence electrons. The summed E-state index contributed by atoms with van der Waals surface area (Å²) in [5.74, 6) is 1.09. The molecule has 9 nitrogen and oxygen atoms in total. The summed E-state index contributed by atoms with van der Waals surface area (Å²) in [6, 6.07) is 5.60. The second-order valence-electron chi connectivity index (χ2n) is 7.60. The fourth-order valence-corrected chi connectivity index (χ4v) is 4.22. The van der Waals surface area contributed by atoms with E-state index >= 15 is 0 Å². The fraction of sp³-hybridized carbons (Fsp3) is 0.500. The van der Waals surface area contributed by atoms with Gasteiger partial charge in [-0.25, -0.2) is 0 Å². The summed E-state index contributed by atoms with van der Waals surface area (Å²) >= 11 is 0. The largest absolute Gasteiger partial charge is 0.454 e. The predicted molar refractivity (Wildman–Crippen MR) is 99.9 cm³/mol. The molecular weight excluding hydrogens is 376 g/mol. The van der Waals surface area contributed by atoms with E-state index in [9.17, 15) is 9.59 Å². The molecule has 1 aromatic heterocycles. The summed E-state index contributed by atoms with van der Waals surface area (Å²) in [5.41, 5.74) is 0.730. The molecule has 1 aromatic carbocycles. The van der Waals surface area contributed by atoms with E-state index < -0.39 is 11.8 Å². The van der Waals surface area contributed by atoms with Crippen LogP contribution < -0.4 is 9.47 Å². The van der Waals surface area contributed by atoms with Crippen LogP contribution in [-0.4, -0.2) is 57.7 Å².